The molecule has 2 rings (SSSR count). The maximum Gasteiger partial charge on any atom is 0.252 e. The molecule has 1 aromatic rings. The third-order valence-electron chi connectivity index (χ3n) is 3.07. The summed E-state index contributed by atoms with van der Waals surface area (Å²) < 4.78 is 0. The normalized spacial score (nSPS) is 13.0. The molecule has 5 nitrogen and oxygen atoms in total. The average molecular weight is 286 g/mol. The van der Waals surface area contributed by atoms with E-state index in [0.29, 0.717) is 11.1 Å². The van der Waals surface area contributed by atoms with Crippen LogP contribution >= 0.6 is 0 Å². The van der Waals surface area contributed by atoms with Gasteiger partial charge < -0.3 is 15.7 Å². The Morgan fingerprint density at radius 1 is 1.38 bits per heavy atom. The molecule has 5 heteroatoms. The van der Waals surface area contributed by atoms with Gasteiger partial charge in [0.1, 0.15) is 6.61 Å². The Labute approximate surface area is 123 Å². The van der Waals surface area contributed by atoms with E-state index < -0.39 is 0 Å². The SMILES string of the molecule is Cc1ccc(C(=O)NCC(=O)NC2CC2)c(C#CCO)c1. The van der Waals surface area contributed by atoms with Gasteiger partial charge in [-0.05, 0) is 37.5 Å². The van der Waals surface area contributed by atoms with Gasteiger partial charge >= 0.3 is 0 Å². The fourth-order valence-electron chi connectivity index (χ4n) is 1.86. The van der Waals surface area contributed by atoms with Crippen molar-refractivity contribution in [3.05, 3.63) is 34.9 Å². The van der Waals surface area contributed by atoms with E-state index >= 15 is 0 Å². The van der Waals surface area contributed by atoms with Gasteiger partial charge in [-0.15, -0.1) is 0 Å². The standard InChI is InChI=1S/C16H18N2O3/c1-11-4-7-14(12(9-11)3-2-8-19)16(21)17-10-15(20)18-13-5-6-13/h4,7,9,13,19H,5-6,8,10H2,1H3,(H,17,21)(H,18,20). The van der Waals surface area contributed by atoms with Crippen molar-refractivity contribution >= 4 is 11.8 Å². The van der Waals surface area contributed by atoms with Crippen LogP contribution in [0.2, 0.25) is 0 Å². The first kappa shape index (κ1) is 15.1. The predicted molar refractivity (Wildman–Crippen MR) is 78.6 cm³/mol. The number of aliphatic hydroxyl groups excluding tert-OH is 1. The van der Waals surface area contributed by atoms with Gasteiger partial charge in [0.25, 0.3) is 5.91 Å². The van der Waals surface area contributed by atoms with Crippen LogP contribution in [-0.2, 0) is 4.79 Å². The van der Waals surface area contributed by atoms with Crippen LogP contribution in [0.5, 0.6) is 0 Å². The monoisotopic (exact) mass is 286 g/mol. The number of rotatable bonds is 4. The summed E-state index contributed by atoms with van der Waals surface area (Å²) in [5.74, 6) is 4.76. The van der Waals surface area contributed by atoms with Gasteiger partial charge in [0.15, 0.2) is 0 Å². The van der Waals surface area contributed by atoms with Gasteiger partial charge in [-0.1, -0.05) is 17.9 Å². The van der Waals surface area contributed by atoms with E-state index in [1.165, 1.54) is 0 Å². The highest BCUT2D eigenvalue weighted by molar-refractivity contribution is 5.98. The number of aliphatic hydroxyl groups is 1. The molecule has 0 radical (unpaired) electrons. The second kappa shape index (κ2) is 6.91. The summed E-state index contributed by atoms with van der Waals surface area (Å²) in [7, 11) is 0. The third kappa shape index (κ3) is 4.62. The number of carbonyl (C=O) groups is 2. The highest BCUT2D eigenvalue weighted by atomic mass is 16.2. The molecule has 0 aliphatic heterocycles. The average Bonchev–Trinajstić information content (AvgIpc) is 3.26. The third-order valence-corrected chi connectivity index (χ3v) is 3.07. The molecule has 3 N–H and O–H groups in total. The smallest absolute Gasteiger partial charge is 0.252 e. The van der Waals surface area contributed by atoms with Gasteiger partial charge in [0.2, 0.25) is 5.91 Å². The first-order chi connectivity index (χ1) is 10.1. The first-order valence-corrected chi connectivity index (χ1v) is 6.88. The summed E-state index contributed by atoms with van der Waals surface area (Å²) in [6.07, 6.45) is 2.02. The molecule has 1 aromatic carbocycles. The van der Waals surface area contributed by atoms with Crippen LogP contribution < -0.4 is 10.6 Å². The van der Waals surface area contributed by atoms with Crippen LogP contribution in [-0.4, -0.2) is 36.1 Å². The maximum absolute atomic E-state index is 12.1. The Kier molecular flexibility index (Phi) is 4.96. The molecule has 0 spiro atoms. The minimum Gasteiger partial charge on any atom is -0.384 e. The number of carbonyl (C=O) groups excluding carboxylic acids is 2. The molecule has 1 aliphatic carbocycles. The number of hydrogen-bond donors (Lipinski definition) is 3. The number of nitrogens with one attached hydrogen (secondary N) is 2. The van der Waals surface area contributed by atoms with Crippen molar-refractivity contribution in [3.8, 4) is 11.8 Å². The quantitative estimate of drug-likeness (QED) is 0.699. The molecule has 0 bridgehead atoms. The predicted octanol–water partition coefficient (Wildman–Crippen LogP) is 0.347. The summed E-state index contributed by atoms with van der Waals surface area (Å²) >= 11 is 0. The Morgan fingerprint density at radius 3 is 2.81 bits per heavy atom. The molecule has 0 unspecified atom stereocenters. The van der Waals surface area contributed by atoms with Crippen molar-refractivity contribution in [3.63, 3.8) is 0 Å². The molecule has 2 amide bonds. The van der Waals surface area contributed by atoms with E-state index in [2.05, 4.69) is 22.5 Å². The Hall–Kier alpha value is -2.32. The zero-order valence-electron chi connectivity index (χ0n) is 11.9. The topological polar surface area (TPSA) is 78.4 Å². The van der Waals surface area contributed by atoms with Gasteiger partial charge in [-0.25, -0.2) is 0 Å². The lowest BCUT2D eigenvalue weighted by Crippen LogP contribution is -2.38. The van der Waals surface area contributed by atoms with E-state index in [1.807, 2.05) is 13.0 Å². The lowest BCUT2D eigenvalue weighted by molar-refractivity contribution is -0.120. The van der Waals surface area contributed by atoms with E-state index in [1.54, 1.807) is 12.1 Å². The van der Waals surface area contributed by atoms with Crippen LogP contribution in [0.1, 0.15) is 34.3 Å². The zero-order valence-corrected chi connectivity index (χ0v) is 11.9. The second-order valence-electron chi connectivity index (χ2n) is 5.03. The minimum absolute atomic E-state index is 0.0456. The van der Waals surface area contributed by atoms with Crippen LogP contribution in [0, 0.1) is 18.8 Å². The number of benzene rings is 1. The highest BCUT2D eigenvalue weighted by Gasteiger charge is 2.23. The van der Waals surface area contributed by atoms with Crippen LogP contribution in [0.3, 0.4) is 0 Å². The Bertz CT molecular complexity index is 610. The summed E-state index contributed by atoms with van der Waals surface area (Å²) in [4.78, 5) is 23.7. The maximum atomic E-state index is 12.1. The fourth-order valence-corrected chi connectivity index (χ4v) is 1.86. The summed E-state index contributed by atoms with van der Waals surface area (Å²) in [6.45, 7) is 1.59. The second-order valence-corrected chi connectivity index (χ2v) is 5.03. The molecular formula is C16H18N2O3. The molecule has 0 atom stereocenters. The number of hydrogen-bond acceptors (Lipinski definition) is 3. The van der Waals surface area contributed by atoms with E-state index in [0.717, 1.165) is 18.4 Å². The van der Waals surface area contributed by atoms with Crippen LogP contribution in [0.15, 0.2) is 18.2 Å². The lowest BCUT2D eigenvalue weighted by atomic mass is 10.0. The molecule has 0 heterocycles. The van der Waals surface area contributed by atoms with Gasteiger partial charge in [-0.3, -0.25) is 9.59 Å². The molecule has 1 aliphatic rings. The molecule has 1 fully saturated rings. The number of aryl methyl sites for hydroxylation is 1. The molecule has 1 saturated carbocycles. The van der Waals surface area contributed by atoms with Gasteiger partial charge in [0.05, 0.1) is 12.1 Å². The van der Waals surface area contributed by atoms with Crippen molar-refractivity contribution in [2.45, 2.75) is 25.8 Å². The largest absolute Gasteiger partial charge is 0.384 e. The molecule has 0 saturated heterocycles. The van der Waals surface area contributed by atoms with Gasteiger partial charge in [0, 0.05) is 11.6 Å². The van der Waals surface area contributed by atoms with Crippen molar-refractivity contribution in [1.29, 1.82) is 0 Å². The van der Waals surface area contributed by atoms with E-state index in [4.69, 9.17) is 5.11 Å². The minimum atomic E-state index is -0.344. The Balaban J connectivity index is 2.01. The lowest BCUT2D eigenvalue weighted by Gasteiger charge is -2.08. The van der Waals surface area contributed by atoms with E-state index in [9.17, 15) is 9.59 Å². The molecule has 21 heavy (non-hydrogen) atoms. The van der Waals surface area contributed by atoms with Crippen molar-refractivity contribution < 1.29 is 14.7 Å². The van der Waals surface area contributed by atoms with Crippen LogP contribution in [0.25, 0.3) is 0 Å². The van der Waals surface area contributed by atoms with Crippen LogP contribution in [0.4, 0.5) is 0 Å². The first-order valence-electron chi connectivity index (χ1n) is 6.88. The highest BCUT2D eigenvalue weighted by Crippen LogP contribution is 2.18. The number of amides is 2. The summed E-state index contributed by atoms with van der Waals surface area (Å²) in [5.41, 5.74) is 1.92. The van der Waals surface area contributed by atoms with Crippen molar-refractivity contribution in [2.24, 2.45) is 0 Å². The zero-order chi connectivity index (χ0) is 15.2. The molecular weight excluding hydrogens is 268 g/mol. The summed E-state index contributed by atoms with van der Waals surface area (Å²) in [6, 6.07) is 5.54. The van der Waals surface area contributed by atoms with Gasteiger partial charge in [-0.2, -0.15) is 0 Å². The Morgan fingerprint density at radius 2 is 2.14 bits per heavy atom. The fraction of sp³-hybridized carbons (Fsp3) is 0.375. The van der Waals surface area contributed by atoms with Crippen molar-refractivity contribution in [2.75, 3.05) is 13.2 Å². The summed E-state index contributed by atoms with van der Waals surface area (Å²) in [5, 5.41) is 14.2. The van der Waals surface area contributed by atoms with Crippen molar-refractivity contribution in [1.82, 2.24) is 10.6 Å². The van der Waals surface area contributed by atoms with E-state index in [-0.39, 0.29) is 31.0 Å². The molecule has 110 valence electrons. The molecule has 0 aromatic heterocycles.